The summed E-state index contributed by atoms with van der Waals surface area (Å²) >= 11 is 3.24. The monoisotopic (exact) mass is 325 g/mol. The Morgan fingerprint density at radius 2 is 1.74 bits per heavy atom. The first-order valence-electron chi connectivity index (χ1n) is 5.53. The van der Waals surface area contributed by atoms with Crippen molar-refractivity contribution in [1.82, 2.24) is 0 Å². The highest BCUT2D eigenvalue weighted by molar-refractivity contribution is 9.10. The molecule has 0 radical (unpaired) electrons. The zero-order valence-corrected chi connectivity index (χ0v) is 12.1. The maximum absolute atomic E-state index is 13.5. The Morgan fingerprint density at radius 3 is 2.37 bits per heavy atom. The van der Waals surface area contributed by atoms with E-state index in [1.54, 1.807) is 32.4 Å². The van der Waals surface area contributed by atoms with Gasteiger partial charge in [0.05, 0.1) is 19.9 Å². The Hall–Kier alpha value is -1.75. The summed E-state index contributed by atoms with van der Waals surface area (Å²) in [6, 6.07) is 8.04. The van der Waals surface area contributed by atoms with E-state index in [-0.39, 0.29) is 5.82 Å². The molecule has 0 fully saturated rings. The van der Waals surface area contributed by atoms with Gasteiger partial charge in [0.25, 0.3) is 0 Å². The lowest BCUT2D eigenvalue weighted by Gasteiger charge is -2.12. The molecule has 0 aliphatic heterocycles. The van der Waals surface area contributed by atoms with Crippen LogP contribution in [0.25, 0.3) is 11.1 Å². The molecule has 2 rings (SSSR count). The zero-order valence-electron chi connectivity index (χ0n) is 10.5. The maximum Gasteiger partial charge on any atom is 0.161 e. The van der Waals surface area contributed by atoms with Gasteiger partial charge in [0.1, 0.15) is 5.82 Å². The lowest BCUT2D eigenvalue weighted by molar-refractivity contribution is 0.355. The van der Waals surface area contributed by atoms with Crippen molar-refractivity contribution in [3.63, 3.8) is 0 Å². The lowest BCUT2D eigenvalue weighted by Crippen LogP contribution is -1.95. The summed E-state index contributed by atoms with van der Waals surface area (Å²) in [4.78, 5) is 0. The molecule has 0 unspecified atom stereocenters. The second-order valence-corrected chi connectivity index (χ2v) is 4.77. The third-order valence-electron chi connectivity index (χ3n) is 2.79. The molecule has 0 aliphatic rings. The molecule has 19 heavy (non-hydrogen) atoms. The largest absolute Gasteiger partial charge is 0.493 e. The minimum atomic E-state index is -0.356. The van der Waals surface area contributed by atoms with Crippen molar-refractivity contribution in [2.75, 3.05) is 20.0 Å². The summed E-state index contributed by atoms with van der Waals surface area (Å²) in [6.45, 7) is 0. The highest BCUT2D eigenvalue weighted by Crippen LogP contribution is 2.37. The van der Waals surface area contributed by atoms with E-state index < -0.39 is 0 Å². The van der Waals surface area contributed by atoms with Crippen LogP contribution in [0.5, 0.6) is 11.5 Å². The number of hydrogen-bond donors (Lipinski definition) is 1. The molecule has 0 atom stereocenters. The Labute approximate surface area is 119 Å². The first-order chi connectivity index (χ1) is 9.06. The summed E-state index contributed by atoms with van der Waals surface area (Å²) in [5, 5.41) is 0. The smallest absolute Gasteiger partial charge is 0.161 e. The molecule has 0 bridgehead atoms. The van der Waals surface area contributed by atoms with Crippen LogP contribution in [0.4, 0.5) is 10.1 Å². The lowest BCUT2D eigenvalue weighted by atomic mass is 10.0. The third kappa shape index (κ3) is 2.66. The fraction of sp³-hybridized carbons (Fsp3) is 0.143. The molecule has 2 aromatic carbocycles. The van der Waals surface area contributed by atoms with Gasteiger partial charge < -0.3 is 15.2 Å². The van der Waals surface area contributed by atoms with Gasteiger partial charge in [-0.1, -0.05) is 6.07 Å². The first kappa shape index (κ1) is 13.7. The van der Waals surface area contributed by atoms with E-state index in [0.717, 1.165) is 5.56 Å². The van der Waals surface area contributed by atoms with Gasteiger partial charge in [-0.15, -0.1) is 0 Å². The predicted molar refractivity (Wildman–Crippen MR) is 77.1 cm³/mol. The van der Waals surface area contributed by atoms with Crippen molar-refractivity contribution < 1.29 is 13.9 Å². The van der Waals surface area contributed by atoms with Crippen molar-refractivity contribution in [3.8, 4) is 22.6 Å². The van der Waals surface area contributed by atoms with Gasteiger partial charge in [0.2, 0.25) is 0 Å². The van der Waals surface area contributed by atoms with E-state index >= 15 is 0 Å². The molecule has 0 heterocycles. The predicted octanol–water partition coefficient (Wildman–Crippen LogP) is 3.85. The van der Waals surface area contributed by atoms with Gasteiger partial charge in [0, 0.05) is 10.0 Å². The molecule has 0 spiro atoms. The number of benzene rings is 2. The maximum atomic E-state index is 13.5. The molecule has 2 N–H and O–H groups in total. The number of anilines is 1. The van der Waals surface area contributed by atoms with Crippen LogP contribution in [-0.2, 0) is 0 Å². The molecule has 0 saturated carbocycles. The van der Waals surface area contributed by atoms with Crippen LogP contribution in [0, 0.1) is 5.82 Å². The minimum Gasteiger partial charge on any atom is -0.493 e. The number of nitrogen functional groups attached to an aromatic ring is 1. The quantitative estimate of drug-likeness (QED) is 0.871. The molecule has 2 aromatic rings. The fourth-order valence-electron chi connectivity index (χ4n) is 1.83. The van der Waals surface area contributed by atoms with E-state index in [1.165, 1.54) is 12.1 Å². The molecule has 5 heteroatoms. The third-order valence-corrected chi connectivity index (χ3v) is 3.44. The van der Waals surface area contributed by atoms with Crippen LogP contribution in [0.2, 0.25) is 0 Å². The number of nitrogens with two attached hydrogens (primary N) is 1. The van der Waals surface area contributed by atoms with Crippen molar-refractivity contribution in [2.45, 2.75) is 0 Å². The average molecular weight is 326 g/mol. The van der Waals surface area contributed by atoms with Crippen LogP contribution in [0.15, 0.2) is 34.8 Å². The molecular weight excluding hydrogens is 313 g/mol. The second-order valence-electron chi connectivity index (χ2n) is 3.92. The van der Waals surface area contributed by atoms with Gasteiger partial charge in [-0.05, 0) is 45.8 Å². The van der Waals surface area contributed by atoms with Gasteiger partial charge in [-0.25, -0.2) is 4.39 Å². The van der Waals surface area contributed by atoms with E-state index in [2.05, 4.69) is 15.9 Å². The standard InChI is InChI=1S/C14H13BrFNO2/c1-18-12-4-3-8(5-13(12)19-2)10-6-9(16)7-11(15)14(10)17/h3-7H,17H2,1-2H3. The summed E-state index contributed by atoms with van der Waals surface area (Å²) in [7, 11) is 3.11. The second kappa shape index (κ2) is 5.48. The van der Waals surface area contributed by atoms with Gasteiger partial charge in [0.15, 0.2) is 11.5 Å². The van der Waals surface area contributed by atoms with Crippen LogP contribution >= 0.6 is 15.9 Å². The van der Waals surface area contributed by atoms with Gasteiger partial charge in [-0.3, -0.25) is 0 Å². The van der Waals surface area contributed by atoms with Crippen LogP contribution in [0.1, 0.15) is 0 Å². The Bertz CT molecular complexity index is 617. The molecule has 0 saturated heterocycles. The number of rotatable bonds is 3. The zero-order chi connectivity index (χ0) is 14.0. The van der Waals surface area contributed by atoms with E-state index in [0.29, 0.717) is 27.2 Å². The van der Waals surface area contributed by atoms with Crippen molar-refractivity contribution >= 4 is 21.6 Å². The van der Waals surface area contributed by atoms with Crippen molar-refractivity contribution in [3.05, 3.63) is 40.6 Å². The van der Waals surface area contributed by atoms with E-state index in [9.17, 15) is 4.39 Å². The van der Waals surface area contributed by atoms with E-state index in [1.807, 2.05) is 0 Å². The summed E-state index contributed by atoms with van der Waals surface area (Å²) in [6.07, 6.45) is 0. The van der Waals surface area contributed by atoms with Crippen LogP contribution in [-0.4, -0.2) is 14.2 Å². The molecule has 100 valence electrons. The summed E-state index contributed by atoms with van der Waals surface area (Å²) in [5.41, 5.74) is 7.80. The number of methoxy groups -OCH3 is 2. The van der Waals surface area contributed by atoms with E-state index in [4.69, 9.17) is 15.2 Å². The minimum absolute atomic E-state index is 0.356. The summed E-state index contributed by atoms with van der Waals surface area (Å²) in [5.74, 6) is 0.825. The molecule has 3 nitrogen and oxygen atoms in total. The topological polar surface area (TPSA) is 44.5 Å². The number of halogens is 2. The Balaban J connectivity index is 2.59. The Kier molecular flexibility index (Phi) is 3.95. The SMILES string of the molecule is COc1ccc(-c2cc(F)cc(Br)c2N)cc1OC. The average Bonchev–Trinajstić information content (AvgIpc) is 2.42. The molecule has 0 aromatic heterocycles. The number of hydrogen-bond acceptors (Lipinski definition) is 3. The van der Waals surface area contributed by atoms with Crippen molar-refractivity contribution in [1.29, 1.82) is 0 Å². The van der Waals surface area contributed by atoms with Crippen molar-refractivity contribution in [2.24, 2.45) is 0 Å². The highest BCUT2D eigenvalue weighted by Gasteiger charge is 2.11. The van der Waals surface area contributed by atoms with Crippen LogP contribution in [0.3, 0.4) is 0 Å². The number of ether oxygens (including phenoxy) is 2. The summed E-state index contributed by atoms with van der Waals surface area (Å²) < 4.78 is 24.4. The first-order valence-corrected chi connectivity index (χ1v) is 6.33. The molecule has 0 aliphatic carbocycles. The molecule has 0 amide bonds. The van der Waals surface area contributed by atoms with Crippen LogP contribution < -0.4 is 15.2 Å². The fourth-order valence-corrected chi connectivity index (χ4v) is 2.26. The molecular formula is C14H13BrFNO2. The normalized spacial score (nSPS) is 10.3. The Morgan fingerprint density at radius 1 is 1.05 bits per heavy atom. The van der Waals surface area contributed by atoms with Gasteiger partial charge >= 0.3 is 0 Å². The highest BCUT2D eigenvalue weighted by atomic mass is 79.9. The van der Waals surface area contributed by atoms with Gasteiger partial charge in [-0.2, -0.15) is 0 Å².